The SMILES string of the molecule is COc1cc(C=O)cc(NC(=O)c2ccccc2)c1C. The molecule has 0 spiro atoms. The van der Waals surface area contributed by atoms with E-state index in [0.29, 0.717) is 22.6 Å². The van der Waals surface area contributed by atoms with Crippen molar-refractivity contribution in [3.05, 3.63) is 59.2 Å². The third-order valence-corrected chi connectivity index (χ3v) is 3.02. The van der Waals surface area contributed by atoms with E-state index in [0.717, 1.165) is 11.8 Å². The minimum atomic E-state index is -0.223. The highest BCUT2D eigenvalue weighted by Crippen LogP contribution is 2.27. The van der Waals surface area contributed by atoms with E-state index in [1.807, 2.05) is 13.0 Å². The summed E-state index contributed by atoms with van der Waals surface area (Å²) < 4.78 is 5.21. The zero-order chi connectivity index (χ0) is 14.5. The van der Waals surface area contributed by atoms with E-state index in [-0.39, 0.29) is 5.91 Å². The number of carbonyl (C=O) groups is 2. The molecule has 0 radical (unpaired) electrons. The molecule has 0 fully saturated rings. The van der Waals surface area contributed by atoms with Gasteiger partial charge in [0.2, 0.25) is 0 Å². The Bertz CT molecular complexity index is 636. The van der Waals surface area contributed by atoms with Crippen LogP contribution in [0.4, 0.5) is 5.69 Å². The van der Waals surface area contributed by atoms with Crippen molar-refractivity contribution in [2.24, 2.45) is 0 Å². The van der Waals surface area contributed by atoms with Crippen LogP contribution >= 0.6 is 0 Å². The van der Waals surface area contributed by atoms with Gasteiger partial charge in [-0.1, -0.05) is 18.2 Å². The van der Waals surface area contributed by atoms with Crippen LogP contribution in [0.1, 0.15) is 26.3 Å². The Morgan fingerprint density at radius 1 is 1.20 bits per heavy atom. The molecule has 0 aliphatic carbocycles. The van der Waals surface area contributed by atoms with Crippen LogP contribution in [-0.2, 0) is 0 Å². The van der Waals surface area contributed by atoms with E-state index in [4.69, 9.17) is 4.74 Å². The van der Waals surface area contributed by atoms with Crippen molar-refractivity contribution in [2.75, 3.05) is 12.4 Å². The number of ether oxygens (including phenoxy) is 1. The Balaban J connectivity index is 2.33. The number of methoxy groups -OCH3 is 1. The van der Waals surface area contributed by atoms with Gasteiger partial charge in [0.05, 0.1) is 7.11 Å². The molecule has 1 N–H and O–H groups in total. The smallest absolute Gasteiger partial charge is 0.255 e. The molecule has 2 aromatic carbocycles. The molecule has 0 aromatic heterocycles. The van der Waals surface area contributed by atoms with Gasteiger partial charge in [-0.25, -0.2) is 0 Å². The quantitative estimate of drug-likeness (QED) is 0.868. The number of rotatable bonds is 4. The first-order valence-corrected chi connectivity index (χ1v) is 6.16. The molecule has 0 heterocycles. The number of anilines is 1. The minimum absolute atomic E-state index is 0.223. The van der Waals surface area contributed by atoms with Gasteiger partial charge in [0.25, 0.3) is 5.91 Å². The van der Waals surface area contributed by atoms with E-state index in [9.17, 15) is 9.59 Å². The summed E-state index contributed by atoms with van der Waals surface area (Å²) in [6.45, 7) is 1.83. The molecule has 1 amide bonds. The first-order valence-electron chi connectivity index (χ1n) is 6.16. The van der Waals surface area contributed by atoms with Gasteiger partial charge in [-0.15, -0.1) is 0 Å². The number of benzene rings is 2. The maximum Gasteiger partial charge on any atom is 0.255 e. The molecule has 0 aliphatic heterocycles. The van der Waals surface area contributed by atoms with Crippen molar-refractivity contribution in [3.8, 4) is 5.75 Å². The highest BCUT2D eigenvalue weighted by Gasteiger charge is 2.11. The van der Waals surface area contributed by atoms with Crippen molar-refractivity contribution in [2.45, 2.75) is 6.92 Å². The highest BCUT2D eigenvalue weighted by atomic mass is 16.5. The van der Waals surface area contributed by atoms with Crippen LogP contribution in [0.5, 0.6) is 5.75 Å². The van der Waals surface area contributed by atoms with Crippen LogP contribution in [0.15, 0.2) is 42.5 Å². The Morgan fingerprint density at radius 3 is 2.50 bits per heavy atom. The summed E-state index contributed by atoms with van der Waals surface area (Å²) in [6.07, 6.45) is 0.722. The summed E-state index contributed by atoms with van der Waals surface area (Å²) in [6, 6.07) is 12.2. The fourth-order valence-corrected chi connectivity index (χ4v) is 1.90. The number of hydrogen-bond donors (Lipinski definition) is 1. The molecule has 4 nitrogen and oxygen atoms in total. The number of hydrogen-bond acceptors (Lipinski definition) is 3. The molecule has 0 unspecified atom stereocenters. The molecule has 102 valence electrons. The number of carbonyl (C=O) groups excluding carboxylic acids is 2. The summed E-state index contributed by atoms with van der Waals surface area (Å²) in [5.41, 5.74) is 2.36. The van der Waals surface area contributed by atoms with Crippen molar-refractivity contribution in [1.29, 1.82) is 0 Å². The summed E-state index contributed by atoms with van der Waals surface area (Å²) in [5, 5.41) is 2.80. The fourth-order valence-electron chi connectivity index (χ4n) is 1.90. The molecule has 0 saturated carbocycles. The van der Waals surface area contributed by atoms with E-state index in [1.54, 1.807) is 36.4 Å². The van der Waals surface area contributed by atoms with Crippen molar-refractivity contribution < 1.29 is 14.3 Å². The molecule has 20 heavy (non-hydrogen) atoms. The van der Waals surface area contributed by atoms with Crippen molar-refractivity contribution in [3.63, 3.8) is 0 Å². The van der Waals surface area contributed by atoms with Crippen LogP contribution < -0.4 is 10.1 Å². The Morgan fingerprint density at radius 2 is 1.90 bits per heavy atom. The maximum atomic E-state index is 12.1. The van der Waals surface area contributed by atoms with Crippen LogP contribution in [0.2, 0.25) is 0 Å². The molecule has 0 bridgehead atoms. The largest absolute Gasteiger partial charge is 0.496 e. The number of amides is 1. The van der Waals surface area contributed by atoms with E-state index < -0.39 is 0 Å². The fraction of sp³-hybridized carbons (Fsp3) is 0.125. The summed E-state index contributed by atoms with van der Waals surface area (Å²) in [4.78, 5) is 23.1. The van der Waals surface area contributed by atoms with Gasteiger partial charge in [-0.3, -0.25) is 9.59 Å². The zero-order valence-electron chi connectivity index (χ0n) is 11.3. The molecule has 2 aromatic rings. The lowest BCUT2D eigenvalue weighted by Gasteiger charge is -2.13. The second-order valence-corrected chi connectivity index (χ2v) is 4.33. The van der Waals surface area contributed by atoms with Gasteiger partial charge in [-0.2, -0.15) is 0 Å². The Labute approximate surface area is 117 Å². The minimum Gasteiger partial charge on any atom is -0.496 e. The van der Waals surface area contributed by atoms with E-state index in [2.05, 4.69) is 5.32 Å². The normalized spacial score (nSPS) is 9.90. The molecule has 0 aliphatic rings. The lowest BCUT2D eigenvalue weighted by Crippen LogP contribution is -2.13. The second-order valence-electron chi connectivity index (χ2n) is 4.33. The topological polar surface area (TPSA) is 55.4 Å². The highest BCUT2D eigenvalue weighted by molar-refractivity contribution is 6.05. The van der Waals surface area contributed by atoms with Gasteiger partial charge in [0.1, 0.15) is 12.0 Å². The predicted molar refractivity (Wildman–Crippen MR) is 77.5 cm³/mol. The van der Waals surface area contributed by atoms with Crippen LogP contribution in [0.25, 0.3) is 0 Å². The van der Waals surface area contributed by atoms with Crippen LogP contribution in [-0.4, -0.2) is 19.3 Å². The van der Waals surface area contributed by atoms with Gasteiger partial charge in [0, 0.05) is 22.4 Å². The second kappa shape index (κ2) is 6.02. The van der Waals surface area contributed by atoms with Gasteiger partial charge >= 0.3 is 0 Å². The molecule has 0 atom stereocenters. The molecule has 0 saturated heterocycles. The summed E-state index contributed by atoms with van der Waals surface area (Å²) in [7, 11) is 1.53. The molecular formula is C16H15NO3. The average molecular weight is 269 g/mol. The van der Waals surface area contributed by atoms with Crippen LogP contribution in [0.3, 0.4) is 0 Å². The standard InChI is InChI=1S/C16H15NO3/c1-11-14(8-12(10-18)9-15(11)20-2)17-16(19)13-6-4-3-5-7-13/h3-10H,1-2H3,(H,17,19). The van der Waals surface area contributed by atoms with Crippen molar-refractivity contribution in [1.82, 2.24) is 0 Å². The summed E-state index contributed by atoms with van der Waals surface area (Å²) in [5.74, 6) is 0.344. The Kier molecular flexibility index (Phi) is 4.15. The van der Waals surface area contributed by atoms with Gasteiger partial charge in [0.15, 0.2) is 0 Å². The third kappa shape index (κ3) is 2.85. The van der Waals surface area contributed by atoms with Gasteiger partial charge < -0.3 is 10.1 Å². The summed E-state index contributed by atoms with van der Waals surface area (Å²) >= 11 is 0. The zero-order valence-corrected chi connectivity index (χ0v) is 11.3. The molecule has 2 rings (SSSR count). The monoisotopic (exact) mass is 269 g/mol. The number of nitrogens with one attached hydrogen (secondary N) is 1. The predicted octanol–water partition coefficient (Wildman–Crippen LogP) is 3.07. The molecular weight excluding hydrogens is 254 g/mol. The van der Waals surface area contributed by atoms with Gasteiger partial charge in [-0.05, 0) is 31.2 Å². The number of aldehydes is 1. The average Bonchev–Trinajstić information content (AvgIpc) is 2.50. The lowest BCUT2D eigenvalue weighted by molar-refractivity contribution is 0.102. The first kappa shape index (κ1) is 13.8. The third-order valence-electron chi connectivity index (χ3n) is 3.02. The lowest BCUT2D eigenvalue weighted by atomic mass is 10.1. The van der Waals surface area contributed by atoms with E-state index in [1.165, 1.54) is 7.11 Å². The first-order chi connectivity index (χ1) is 9.65. The maximum absolute atomic E-state index is 12.1. The van der Waals surface area contributed by atoms with E-state index >= 15 is 0 Å². The molecule has 4 heteroatoms. The Hall–Kier alpha value is -2.62. The van der Waals surface area contributed by atoms with Crippen LogP contribution in [0, 0.1) is 6.92 Å². The van der Waals surface area contributed by atoms with Crippen molar-refractivity contribution >= 4 is 17.9 Å².